The van der Waals surface area contributed by atoms with Crippen LogP contribution in [0.4, 0.5) is 0 Å². The van der Waals surface area contributed by atoms with E-state index in [1.807, 2.05) is 6.07 Å². The first-order valence-electron chi connectivity index (χ1n) is 40.3. The Labute approximate surface area is 674 Å². The van der Waals surface area contributed by atoms with Crippen molar-refractivity contribution in [2.24, 2.45) is 0 Å². The zero-order valence-electron chi connectivity index (χ0n) is 63.6. The van der Waals surface area contributed by atoms with Crippen molar-refractivity contribution in [1.29, 1.82) is 0 Å². The average Bonchev–Trinajstić information content (AvgIpc) is 1.53. The molecule has 20 aromatic rings. The van der Waals surface area contributed by atoms with Crippen LogP contribution >= 0.6 is 0 Å². The lowest BCUT2D eigenvalue weighted by Crippen LogP contribution is -2.34. The van der Waals surface area contributed by atoms with E-state index in [9.17, 15) is 0 Å². The van der Waals surface area contributed by atoms with Crippen LogP contribution < -0.4 is 9.47 Å². The number of benzene rings is 16. The molecule has 0 saturated carbocycles. The second-order valence-corrected chi connectivity index (χ2v) is 32.0. The van der Waals surface area contributed by atoms with Gasteiger partial charge in [0.15, 0.2) is 11.6 Å². The van der Waals surface area contributed by atoms with Gasteiger partial charge in [-0.1, -0.05) is 328 Å². The Morgan fingerprint density at radius 3 is 1.36 bits per heavy atom. The van der Waals surface area contributed by atoms with E-state index < -0.39 is 16.2 Å². The summed E-state index contributed by atoms with van der Waals surface area (Å²) in [5.41, 5.74) is 26.6. The average molecular weight is 1490 g/mol. The highest BCUT2D eigenvalue weighted by atomic mass is 16.5. The number of rotatable bonds is 8. The largest absolute Gasteiger partial charge is 0.457 e. The first kappa shape index (κ1) is 65.4. The van der Waals surface area contributed by atoms with Gasteiger partial charge in [-0.2, -0.15) is 0 Å². The van der Waals surface area contributed by atoms with Gasteiger partial charge in [0.25, 0.3) is 0 Å². The maximum Gasteiger partial charge on any atom is 0.162 e. The second-order valence-electron chi connectivity index (χ2n) is 32.0. The highest BCUT2D eigenvalue weighted by Gasteiger charge is 2.55. The fourth-order valence-corrected chi connectivity index (χ4v) is 20.7. The van der Waals surface area contributed by atoms with Crippen LogP contribution in [0.25, 0.3) is 150 Å². The summed E-state index contributed by atoms with van der Waals surface area (Å²) in [5.74, 6) is 5.49. The SMILES string of the molecule is CC1(c2ccc(-c3cc(-c4cccc(-n5c6cc7c(cc6c6ccc8ccccc8c65)Oc5ccccc5C75c6ccccc6-c6ccccc65)c4)nc(-c4ccccc4)n3)cc2)C=CC2=C(C1)c1ccccc1C21c2ccccc2Oc2cc3c4ccc5ccccc5c4n(-c4cc(-c5ccccc5)nc(-c5ccccc5)n4)c3cc21. The van der Waals surface area contributed by atoms with Crippen molar-refractivity contribution in [3.63, 3.8) is 0 Å². The van der Waals surface area contributed by atoms with E-state index in [-0.39, 0.29) is 0 Å². The Morgan fingerprint density at radius 1 is 0.299 bits per heavy atom. The molecule has 0 N–H and O–H groups in total. The van der Waals surface area contributed by atoms with E-state index in [0.717, 1.165) is 162 Å². The molecule has 2 unspecified atom stereocenters. The van der Waals surface area contributed by atoms with Gasteiger partial charge in [-0.3, -0.25) is 4.57 Å². The van der Waals surface area contributed by atoms with Crippen molar-refractivity contribution in [2.75, 3.05) is 0 Å². The molecule has 3 aliphatic carbocycles. The third-order valence-corrected chi connectivity index (χ3v) is 25.9. The molecular formula is C109H68N6O2. The third-order valence-electron chi connectivity index (χ3n) is 25.9. The fourth-order valence-electron chi connectivity index (χ4n) is 20.7. The summed E-state index contributed by atoms with van der Waals surface area (Å²) in [6.07, 6.45) is 5.69. The highest BCUT2D eigenvalue weighted by Crippen LogP contribution is 2.66. The van der Waals surface area contributed by atoms with Gasteiger partial charge < -0.3 is 14.0 Å². The van der Waals surface area contributed by atoms with Crippen molar-refractivity contribution in [2.45, 2.75) is 29.6 Å². The van der Waals surface area contributed by atoms with Gasteiger partial charge in [0.05, 0.1) is 50.0 Å². The molecular weight excluding hydrogens is 1430 g/mol. The molecule has 546 valence electrons. The zero-order valence-corrected chi connectivity index (χ0v) is 63.6. The minimum absolute atomic E-state index is 0.408. The summed E-state index contributed by atoms with van der Waals surface area (Å²) in [4.78, 5) is 21.8. The van der Waals surface area contributed by atoms with E-state index in [2.05, 4.69) is 392 Å². The van der Waals surface area contributed by atoms with Gasteiger partial charge >= 0.3 is 0 Å². The molecule has 6 heterocycles. The molecule has 8 nitrogen and oxygen atoms in total. The van der Waals surface area contributed by atoms with Crippen LogP contribution in [0, 0.1) is 0 Å². The van der Waals surface area contributed by atoms with E-state index >= 15 is 0 Å². The number of allylic oxidation sites excluding steroid dienone is 4. The summed E-state index contributed by atoms with van der Waals surface area (Å²) >= 11 is 0. The van der Waals surface area contributed by atoms with Crippen LogP contribution in [-0.2, 0) is 16.2 Å². The predicted octanol–water partition coefficient (Wildman–Crippen LogP) is 26.7. The number of fused-ring (bicyclic) bond motifs is 27. The predicted molar refractivity (Wildman–Crippen MR) is 473 cm³/mol. The minimum atomic E-state index is -0.758. The van der Waals surface area contributed by atoms with Gasteiger partial charge in [-0.05, 0) is 122 Å². The number of ether oxygens (including phenoxy) is 2. The van der Waals surface area contributed by atoms with Crippen LogP contribution in [0.1, 0.15) is 63.4 Å². The quantitative estimate of drug-likeness (QED) is 0.151. The number of hydrogen-bond acceptors (Lipinski definition) is 6. The molecule has 0 bridgehead atoms. The molecule has 0 amide bonds. The van der Waals surface area contributed by atoms with Crippen LogP contribution in [0.2, 0.25) is 0 Å². The number of nitrogens with zero attached hydrogens (tertiary/aromatic N) is 6. The molecule has 0 fully saturated rings. The monoisotopic (exact) mass is 1490 g/mol. The standard InChI is InChI=1S/C109H68N6O2/c1-107(57-56-88-84(65-107)79-40-17-20-43-87(79)109(88)90-45-22-24-47-99(90)117-101-60-83-81-55-51-67-27-12-14-37-76(67)104(81)115(97(83)62-92(101)109)102-64-95(68-28-5-2-6-29-68)112-106(113-102)71-32-9-4-10-33-71)73-52-48-69(49-53-73)93-63-94(111-105(110-93)70-30-7-3-8-31-70)72-34-25-35-74(58-72)114-96-61-91-100(59-82(96)80-54-50-66-26-11-13-36-75(66)103(80)114)116-98-46-23-21-44-89(98)108(91)85-41-18-15-38-77(85)78-39-16-19-42-86(78)108/h2-64H,65H2,1H3. The molecule has 2 atom stereocenters. The molecule has 2 aliphatic heterocycles. The lowest BCUT2D eigenvalue weighted by molar-refractivity contribution is 0.436. The van der Waals surface area contributed by atoms with E-state index in [0.29, 0.717) is 11.6 Å². The lowest BCUT2D eigenvalue weighted by atomic mass is 9.63. The molecule has 4 aromatic heterocycles. The molecule has 117 heavy (non-hydrogen) atoms. The van der Waals surface area contributed by atoms with Gasteiger partial charge in [-0.15, -0.1) is 0 Å². The zero-order chi connectivity index (χ0) is 76.8. The van der Waals surface area contributed by atoms with Crippen molar-refractivity contribution >= 4 is 70.7 Å². The Bertz CT molecular complexity index is 7640. The maximum absolute atomic E-state index is 7.32. The van der Waals surface area contributed by atoms with Crippen molar-refractivity contribution in [3.8, 4) is 102 Å². The second kappa shape index (κ2) is 24.7. The highest BCUT2D eigenvalue weighted by molar-refractivity contribution is 6.21. The maximum atomic E-state index is 7.32. The summed E-state index contributed by atoms with van der Waals surface area (Å²) in [6.45, 7) is 2.40. The molecule has 5 aliphatic rings. The summed E-state index contributed by atoms with van der Waals surface area (Å²) in [5, 5.41) is 9.06. The van der Waals surface area contributed by atoms with Gasteiger partial charge in [-0.25, -0.2) is 19.9 Å². The Kier molecular flexibility index (Phi) is 13.8. The molecule has 25 rings (SSSR count). The normalized spacial score (nSPS) is 16.2. The lowest BCUT2D eigenvalue weighted by Gasteiger charge is -2.41. The fraction of sp³-hybridized carbons (Fsp3) is 0.0459. The number of para-hydroxylation sites is 2. The van der Waals surface area contributed by atoms with Gasteiger partial charge in [0, 0.05) is 99.6 Å². The molecule has 0 saturated heterocycles. The third kappa shape index (κ3) is 9.34. The Balaban J connectivity index is 0.620. The summed E-state index contributed by atoms with van der Waals surface area (Å²) in [7, 11) is 0. The van der Waals surface area contributed by atoms with E-state index in [1.54, 1.807) is 0 Å². The van der Waals surface area contributed by atoms with Gasteiger partial charge in [0.1, 0.15) is 28.8 Å². The number of aromatic nitrogens is 6. The van der Waals surface area contributed by atoms with Crippen LogP contribution in [-0.4, -0.2) is 29.1 Å². The van der Waals surface area contributed by atoms with Crippen molar-refractivity contribution < 1.29 is 9.47 Å². The Hall–Kier alpha value is -15.1. The summed E-state index contributed by atoms with van der Waals surface area (Å²) in [6, 6.07) is 134. The summed E-state index contributed by atoms with van der Waals surface area (Å²) < 4.78 is 19.4. The first-order valence-corrected chi connectivity index (χ1v) is 40.3. The van der Waals surface area contributed by atoms with E-state index in [4.69, 9.17) is 29.4 Å². The molecule has 8 heteroatoms. The smallest absolute Gasteiger partial charge is 0.162 e. The first-order chi connectivity index (χ1) is 57.8. The molecule has 16 aromatic carbocycles. The molecule has 0 radical (unpaired) electrons. The number of hydrogen-bond donors (Lipinski definition) is 0. The Morgan fingerprint density at radius 2 is 0.752 bits per heavy atom. The van der Waals surface area contributed by atoms with Gasteiger partial charge in [0.2, 0.25) is 0 Å². The van der Waals surface area contributed by atoms with Crippen LogP contribution in [0.3, 0.4) is 0 Å². The minimum Gasteiger partial charge on any atom is -0.457 e. The molecule has 2 spiro atoms. The van der Waals surface area contributed by atoms with Crippen LogP contribution in [0.15, 0.2) is 388 Å². The topological polar surface area (TPSA) is 79.9 Å². The van der Waals surface area contributed by atoms with Crippen LogP contribution in [0.5, 0.6) is 23.0 Å². The van der Waals surface area contributed by atoms with Crippen molar-refractivity contribution in [3.05, 3.63) is 438 Å². The van der Waals surface area contributed by atoms with Crippen molar-refractivity contribution in [1.82, 2.24) is 29.1 Å². The van der Waals surface area contributed by atoms with E-state index in [1.165, 1.54) is 60.9 Å².